The molecule has 1 aliphatic heterocycles. The number of carbonyl (C=O) groups is 2. The largest absolute Gasteiger partial charge is 0.469 e. The maximum absolute atomic E-state index is 12.0. The van der Waals surface area contributed by atoms with Crippen LogP contribution >= 0.6 is 23.8 Å². The van der Waals surface area contributed by atoms with Crippen LogP contribution in [-0.2, 0) is 14.3 Å². The second-order valence-corrected chi connectivity index (χ2v) is 5.54. The van der Waals surface area contributed by atoms with E-state index in [0.717, 1.165) is 5.69 Å². The van der Waals surface area contributed by atoms with Gasteiger partial charge in [-0.05, 0) is 36.5 Å². The number of ether oxygens (including phenoxy) is 1. The number of thiocarbonyl (C=S) groups is 1. The van der Waals surface area contributed by atoms with E-state index in [4.69, 9.17) is 23.8 Å². The molecule has 0 spiro atoms. The topological polar surface area (TPSA) is 70.7 Å². The lowest BCUT2D eigenvalue weighted by Gasteiger charge is -2.36. The van der Waals surface area contributed by atoms with Gasteiger partial charge in [0.25, 0.3) is 0 Å². The molecule has 22 heavy (non-hydrogen) atoms. The van der Waals surface area contributed by atoms with E-state index in [2.05, 4.69) is 15.4 Å². The monoisotopic (exact) mass is 341 g/mol. The van der Waals surface area contributed by atoms with Gasteiger partial charge in [-0.2, -0.15) is 0 Å². The fourth-order valence-electron chi connectivity index (χ4n) is 2.13. The zero-order chi connectivity index (χ0) is 16.1. The van der Waals surface area contributed by atoms with Gasteiger partial charge in [0.2, 0.25) is 5.91 Å². The lowest BCUT2D eigenvalue weighted by Crippen LogP contribution is -2.58. The van der Waals surface area contributed by atoms with Gasteiger partial charge in [0.15, 0.2) is 5.11 Å². The van der Waals surface area contributed by atoms with Gasteiger partial charge < -0.3 is 20.3 Å². The molecule has 0 aromatic heterocycles. The smallest absolute Gasteiger partial charge is 0.308 e. The normalized spacial score (nSPS) is 17.6. The first-order valence-corrected chi connectivity index (χ1v) is 7.47. The van der Waals surface area contributed by atoms with Crippen LogP contribution in [0.2, 0.25) is 5.02 Å². The molecule has 0 unspecified atom stereocenters. The Balaban J connectivity index is 2.09. The highest BCUT2D eigenvalue weighted by Gasteiger charge is 2.33. The number of nitrogens with one attached hydrogen (secondary N) is 2. The zero-order valence-electron chi connectivity index (χ0n) is 12.0. The summed E-state index contributed by atoms with van der Waals surface area (Å²) in [5, 5.41) is 6.77. The van der Waals surface area contributed by atoms with Crippen LogP contribution in [-0.4, -0.2) is 48.1 Å². The summed E-state index contributed by atoms with van der Waals surface area (Å²) in [6.07, 6.45) is -0.0508. The van der Waals surface area contributed by atoms with Crippen LogP contribution in [0.15, 0.2) is 24.3 Å². The van der Waals surface area contributed by atoms with Crippen molar-refractivity contribution in [1.82, 2.24) is 10.2 Å². The van der Waals surface area contributed by atoms with Crippen LogP contribution in [0, 0.1) is 0 Å². The highest BCUT2D eigenvalue weighted by molar-refractivity contribution is 7.80. The first-order chi connectivity index (χ1) is 10.5. The number of methoxy groups -OCH3 is 1. The molecule has 118 valence electrons. The van der Waals surface area contributed by atoms with E-state index >= 15 is 0 Å². The van der Waals surface area contributed by atoms with Gasteiger partial charge in [-0.1, -0.05) is 11.6 Å². The van der Waals surface area contributed by atoms with Crippen LogP contribution < -0.4 is 10.6 Å². The van der Waals surface area contributed by atoms with Gasteiger partial charge in [-0.25, -0.2) is 0 Å². The summed E-state index contributed by atoms with van der Waals surface area (Å²) in [4.78, 5) is 25.2. The molecule has 1 fully saturated rings. The molecule has 0 radical (unpaired) electrons. The number of anilines is 1. The van der Waals surface area contributed by atoms with E-state index in [9.17, 15) is 9.59 Å². The molecular weight excluding hydrogens is 326 g/mol. The average Bonchev–Trinajstić information content (AvgIpc) is 2.51. The van der Waals surface area contributed by atoms with Crippen LogP contribution in [0.1, 0.15) is 6.42 Å². The molecule has 1 heterocycles. The lowest BCUT2D eigenvalue weighted by atomic mass is 10.1. The standard InChI is InChI=1S/C14H16ClN3O3S/c1-21-12(19)8-11-13(20)16-6-7-18(11)14(22)17-10-4-2-9(15)3-5-10/h2-5,11H,6-8H2,1H3,(H,16,20)(H,17,22)/t11-/m0/s1. The Morgan fingerprint density at radius 1 is 1.50 bits per heavy atom. The quantitative estimate of drug-likeness (QED) is 0.639. The Morgan fingerprint density at radius 2 is 2.18 bits per heavy atom. The second kappa shape index (κ2) is 7.42. The zero-order valence-corrected chi connectivity index (χ0v) is 13.5. The number of amides is 1. The number of esters is 1. The third-order valence-corrected chi connectivity index (χ3v) is 3.86. The van der Waals surface area contributed by atoms with Crippen molar-refractivity contribution in [3.8, 4) is 0 Å². The van der Waals surface area contributed by atoms with Crippen molar-refractivity contribution in [3.05, 3.63) is 29.3 Å². The Hall–Kier alpha value is -1.86. The minimum absolute atomic E-state index is 0.0508. The van der Waals surface area contributed by atoms with Gasteiger partial charge in [0, 0.05) is 23.8 Å². The van der Waals surface area contributed by atoms with Gasteiger partial charge in [-0.15, -0.1) is 0 Å². The average molecular weight is 342 g/mol. The molecule has 1 aromatic rings. The molecule has 2 rings (SSSR count). The summed E-state index contributed by atoms with van der Waals surface area (Å²) in [5.41, 5.74) is 0.761. The summed E-state index contributed by atoms with van der Waals surface area (Å²) in [7, 11) is 1.29. The molecule has 8 heteroatoms. The van der Waals surface area contributed by atoms with Gasteiger partial charge in [-0.3, -0.25) is 9.59 Å². The molecule has 0 bridgehead atoms. The molecule has 6 nitrogen and oxygen atoms in total. The Labute approximate surface area is 138 Å². The van der Waals surface area contributed by atoms with Crippen molar-refractivity contribution in [2.75, 3.05) is 25.5 Å². The minimum Gasteiger partial charge on any atom is -0.469 e. The Kier molecular flexibility index (Phi) is 5.57. The van der Waals surface area contributed by atoms with E-state index in [1.165, 1.54) is 7.11 Å². The number of nitrogens with zero attached hydrogens (tertiary/aromatic N) is 1. The lowest BCUT2D eigenvalue weighted by molar-refractivity contribution is -0.144. The molecule has 1 atom stereocenters. The predicted molar refractivity (Wildman–Crippen MR) is 87.8 cm³/mol. The van der Waals surface area contributed by atoms with Gasteiger partial charge >= 0.3 is 5.97 Å². The molecular formula is C14H16ClN3O3S. The number of hydrogen-bond donors (Lipinski definition) is 2. The second-order valence-electron chi connectivity index (χ2n) is 4.72. The SMILES string of the molecule is COC(=O)C[C@H]1C(=O)NCCN1C(=S)Nc1ccc(Cl)cc1. The van der Waals surface area contributed by atoms with E-state index in [1.807, 2.05) is 0 Å². The number of halogens is 1. The minimum atomic E-state index is -0.673. The third-order valence-electron chi connectivity index (χ3n) is 3.27. The molecule has 2 N–H and O–H groups in total. The molecule has 0 saturated carbocycles. The van der Waals surface area contributed by atoms with Crippen molar-refractivity contribution in [3.63, 3.8) is 0 Å². The molecule has 1 amide bonds. The van der Waals surface area contributed by atoms with E-state index < -0.39 is 12.0 Å². The highest BCUT2D eigenvalue weighted by atomic mass is 35.5. The fourth-order valence-corrected chi connectivity index (χ4v) is 2.59. The number of piperazine rings is 1. The summed E-state index contributed by atoms with van der Waals surface area (Å²) in [5.74, 6) is -0.696. The van der Waals surface area contributed by atoms with E-state index in [0.29, 0.717) is 23.2 Å². The summed E-state index contributed by atoms with van der Waals surface area (Å²) in [6.45, 7) is 0.992. The third kappa shape index (κ3) is 4.08. The number of hydrogen-bond acceptors (Lipinski definition) is 4. The van der Waals surface area contributed by atoms with E-state index in [-0.39, 0.29) is 12.3 Å². The van der Waals surface area contributed by atoms with Crippen molar-refractivity contribution >= 4 is 46.5 Å². The maximum atomic E-state index is 12.0. The molecule has 1 aliphatic rings. The van der Waals surface area contributed by atoms with Crippen molar-refractivity contribution in [2.45, 2.75) is 12.5 Å². The van der Waals surface area contributed by atoms with Crippen molar-refractivity contribution in [2.24, 2.45) is 0 Å². The predicted octanol–water partition coefficient (Wildman–Crippen LogP) is 1.40. The molecule has 0 aliphatic carbocycles. The van der Waals surface area contributed by atoms with Crippen LogP contribution in [0.4, 0.5) is 5.69 Å². The summed E-state index contributed by atoms with van der Waals surface area (Å²) in [6, 6.07) is 6.37. The Bertz CT molecular complexity index is 579. The first kappa shape index (κ1) is 16.5. The van der Waals surface area contributed by atoms with E-state index in [1.54, 1.807) is 29.2 Å². The summed E-state index contributed by atoms with van der Waals surface area (Å²) < 4.78 is 4.64. The van der Waals surface area contributed by atoms with Crippen molar-refractivity contribution < 1.29 is 14.3 Å². The van der Waals surface area contributed by atoms with Crippen LogP contribution in [0.5, 0.6) is 0 Å². The summed E-state index contributed by atoms with van der Waals surface area (Å²) >= 11 is 11.2. The van der Waals surface area contributed by atoms with Crippen LogP contribution in [0.3, 0.4) is 0 Å². The number of rotatable bonds is 3. The number of benzene rings is 1. The maximum Gasteiger partial charge on any atom is 0.308 e. The number of carbonyl (C=O) groups excluding carboxylic acids is 2. The van der Waals surface area contributed by atoms with Crippen LogP contribution in [0.25, 0.3) is 0 Å². The molecule has 1 aromatic carbocycles. The first-order valence-electron chi connectivity index (χ1n) is 6.69. The Morgan fingerprint density at radius 3 is 2.82 bits per heavy atom. The van der Waals surface area contributed by atoms with Gasteiger partial charge in [0.1, 0.15) is 6.04 Å². The fraction of sp³-hybridized carbons (Fsp3) is 0.357. The molecule has 1 saturated heterocycles. The van der Waals surface area contributed by atoms with Crippen molar-refractivity contribution in [1.29, 1.82) is 0 Å². The van der Waals surface area contributed by atoms with Gasteiger partial charge in [0.05, 0.1) is 13.5 Å². The highest BCUT2D eigenvalue weighted by Crippen LogP contribution is 2.16.